The number of hydrogen-bond donors (Lipinski definition) is 1. The van der Waals surface area contributed by atoms with Gasteiger partial charge in [0.05, 0.1) is 6.42 Å². The summed E-state index contributed by atoms with van der Waals surface area (Å²) in [7, 11) is 0. The van der Waals surface area contributed by atoms with Crippen molar-refractivity contribution in [3.8, 4) is 0 Å². The Balaban J connectivity index is 1.80. The van der Waals surface area contributed by atoms with Crippen LogP contribution < -0.4 is 0 Å². The smallest absolute Gasteiger partial charge is 0.307 e. The van der Waals surface area contributed by atoms with Gasteiger partial charge in [-0.1, -0.05) is 6.92 Å². The van der Waals surface area contributed by atoms with Crippen LogP contribution >= 0.6 is 12.6 Å². The van der Waals surface area contributed by atoms with Crippen LogP contribution in [0.2, 0.25) is 0 Å². The molecule has 4 bridgehead atoms. The molecule has 0 aromatic carbocycles. The van der Waals surface area contributed by atoms with Crippen molar-refractivity contribution in [3.05, 3.63) is 0 Å². The number of thiol groups is 1. The Bertz CT molecular complexity index is 311. The molecule has 0 amide bonds. The number of carbonyl (C=O) groups excluding carboxylic acids is 1. The van der Waals surface area contributed by atoms with Gasteiger partial charge >= 0.3 is 5.97 Å². The van der Waals surface area contributed by atoms with Crippen molar-refractivity contribution in [3.63, 3.8) is 0 Å². The molecule has 4 aliphatic rings. The first kappa shape index (κ1) is 12.8. The van der Waals surface area contributed by atoms with E-state index in [1.165, 1.54) is 32.1 Å². The van der Waals surface area contributed by atoms with Crippen LogP contribution in [0.1, 0.15) is 51.9 Å². The number of ether oxygens (including phenoxy) is 1. The van der Waals surface area contributed by atoms with Crippen molar-refractivity contribution in [2.45, 2.75) is 57.5 Å². The molecule has 2 nitrogen and oxygen atoms in total. The summed E-state index contributed by atoms with van der Waals surface area (Å²) < 4.78 is 6.02. The van der Waals surface area contributed by atoms with Gasteiger partial charge in [0.15, 0.2) is 0 Å². The molecule has 0 aliphatic heterocycles. The van der Waals surface area contributed by atoms with E-state index >= 15 is 0 Å². The molecule has 4 rings (SSSR count). The summed E-state index contributed by atoms with van der Waals surface area (Å²) in [6.07, 6.45) is 8.10. The van der Waals surface area contributed by atoms with Gasteiger partial charge in [0.25, 0.3) is 0 Å². The maximum Gasteiger partial charge on any atom is 0.307 e. The van der Waals surface area contributed by atoms with Gasteiger partial charge in [-0.05, 0) is 62.2 Å². The van der Waals surface area contributed by atoms with E-state index in [1.807, 2.05) is 0 Å². The molecule has 0 unspecified atom stereocenters. The van der Waals surface area contributed by atoms with Gasteiger partial charge in [-0.2, -0.15) is 12.6 Å². The molecule has 0 heterocycles. The predicted molar refractivity (Wildman–Crippen MR) is 74.6 cm³/mol. The maximum atomic E-state index is 11.9. The fraction of sp³-hybridized carbons (Fsp3) is 0.933. The van der Waals surface area contributed by atoms with Crippen molar-refractivity contribution in [2.75, 3.05) is 5.75 Å². The Labute approximate surface area is 115 Å². The van der Waals surface area contributed by atoms with E-state index in [2.05, 4.69) is 19.6 Å². The van der Waals surface area contributed by atoms with Crippen LogP contribution in [0.5, 0.6) is 0 Å². The standard InChI is InChI=1S/C15H24O2S/c1-2-15(17-14(16)3-4-18)12-6-10-5-11(8-12)9-13(15)7-10/h10-13,18H,2-9H2,1H3. The van der Waals surface area contributed by atoms with Crippen LogP contribution in [0, 0.1) is 23.7 Å². The SMILES string of the molecule is CCC1(OC(=O)CCS)C2CC3CC(C2)CC1C3. The van der Waals surface area contributed by atoms with Crippen LogP contribution in [0.25, 0.3) is 0 Å². The van der Waals surface area contributed by atoms with Crippen LogP contribution in [0.3, 0.4) is 0 Å². The van der Waals surface area contributed by atoms with E-state index in [0.29, 0.717) is 24.0 Å². The van der Waals surface area contributed by atoms with E-state index in [1.54, 1.807) is 0 Å². The Kier molecular flexibility index (Phi) is 3.38. The molecule has 0 N–H and O–H groups in total. The summed E-state index contributed by atoms with van der Waals surface area (Å²) in [5.74, 6) is 3.70. The minimum Gasteiger partial charge on any atom is -0.458 e. The molecule has 4 saturated carbocycles. The zero-order valence-corrected chi connectivity index (χ0v) is 12.1. The van der Waals surface area contributed by atoms with Gasteiger partial charge < -0.3 is 4.74 Å². The molecular weight excluding hydrogens is 244 g/mol. The Morgan fingerprint density at radius 2 is 1.72 bits per heavy atom. The summed E-state index contributed by atoms with van der Waals surface area (Å²) in [6, 6.07) is 0. The Morgan fingerprint density at radius 3 is 2.17 bits per heavy atom. The fourth-order valence-electron chi connectivity index (χ4n) is 5.15. The molecule has 102 valence electrons. The highest BCUT2D eigenvalue weighted by atomic mass is 32.1. The van der Waals surface area contributed by atoms with Crippen LogP contribution in [-0.4, -0.2) is 17.3 Å². The fourth-order valence-corrected chi connectivity index (χ4v) is 5.33. The molecular formula is C15H24O2S. The molecule has 0 saturated heterocycles. The molecule has 0 radical (unpaired) electrons. The average Bonchev–Trinajstić information content (AvgIpc) is 2.33. The van der Waals surface area contributed by atoms with Gasteiger partial charge in [-0.25, -0.2) is 0 Å². The minimum absolute atomic E-state index is 0.0284. The summed E-state index contributed by atoms with van der Waals surface area (Å²) in [4.78, 5) is 11.9. The lowest BCUT2D eigenvalue weighted by Crippen LogP contribution is -2.59. The van der Waals surface area contributed by atoms with Gasteiger partial charge in [-0.3, -0.25) is 4.79 Å². The van der Waals surface area contributed by atoms with Crippen molar-refractivity contribution in [1.82, 2.24) is 0 Å². The molecule has 4 fully saturated rings. The minimum atomic E-state index is -0.118. The second kappa shape index (κ2) is 4.73. The topological polar surface area (TPSA) is 26.3 Å². The lowest BCUT2D eigenvalue weighted by Gasteiger charge is -2.60. The second-order valence-electron chi connectivity index (χ2n) is 6.56. The first-order chi connectivity index (χ1) is 8.68. The zero-order valence-electron chi connectivity index (χ0n) is 11.2. The van der Waals surface area contributed by atoms with Crippen LogP contribution in [0.15, 0.2) is 0 Å². The lowest BCUT2D eigenvalue weighted by molar-refractivity contribution is -0.210. The number of hydrogen-bond acceptors (Lipinski definition) is 3. The highest BCUT2D eigenvalue weighted by Gasteiger charge is 2.58. The Morgan fingerprint density at radius 1 is 1.17 bits per heavy atom. The van der Waals surface area contributed by atoms with Crippen LogP contribution in [0.4, 0.5) is 0 Å². The first-order valence-electron chi connectivity index (χ1n) is 7.50. The molecule has 0 aromatic rings. The monoisotopic (exact) mass is 268 g/mol. The van der Waals surface area contributed by atoms with Gasteiger partial charge in [0, 0.05) is 5.75 Å². The van der Waals surface area contributed by atoms with E-state index in [9.17, 15) is 4.79 Å². The summed E-state index contributed by atoms with van der Waals surface area (Å²) >= 11 is 4.14. The van der Waals surface area contributed by atoms with E-state index in [4.69, 9.17) is 4.74 Å². The second-order valence-corrected chi connectivity index (χ2v) is 7.01. The number of rotatable bonds is 4. The quantitative estimate of drug-likeness (QED) is 0.624. The number of carbonyl (C=O) groups is 1. The predicted octanol–water partition coefficient (Wildman–Crippen LogP) is 3.45. The lowest BCUT2D eigenvalue weighted by atomic mass is 9.49. The largest absolute Gasteiger partial charge is 0.458 e. The molecule has 0 aromatic heterocycles. The van der Waals surface area contributed by atoms with Gasteiger partial charge in [0.2, 0.25) is 0 Å². The molecule has 3 heteroatoms. The van der Waals surface area contributed by atoms with Gasteiger partial charge in [-0.15, -0.1) is 0 Å². The molecule has 0 atom stereocenters. The third-order valence-electron chi connectivity index (χ3n) is 5.69. The molecule has 4 aliphatic carbocycles. The van der Waals surface area contributed by atoms with E-state index in [-0.39, 0.29) is 11.6 Å². The average molecular weight is 268 g/mol. The van der Waals surface area contributed by atoms with Gasteiger partial charge in [0.1, 0.15) is 5.60 Å². The van der Waals surface area contributed by atoms with Crippen molar-refractivity contribution < 1.29 is 9.53 Å². The number of esters is 1. The van der Waals surface area contributed by atoms with Crippen LogP contribution in [-0.2, 0) is 9.53 Å². The normalized spacial score (nSPS) is 45.2. The summed E-state index contributed by atoms with van der Waals surface area (Å²) in [5, 5.41) is 0. The molecule has 0 spiro atoms. The highest BCUT2D eigenvalue weighted by molar-refractivity contribution is 7.80. The third kappa shape index (κ3) is 1.90. The zero-order chi connectivity index (χ0) is 12.8. The maximum absolute atomic E-state index is 11.9. The summed E-state index contributed by atoms with van der Waals surface area (Å²) in [5.41, 5.74) is -0.118. The van der Waals surface area contributed by atoms with Crippen molar-refractivity contribution in [1.29, 1.82) is 0 Å². The first-order valence-corrected chi connectivity index (χ1v) is 8.14. The summed E-state index contributed by atoms with van der Waals surface area (Å²) in [6.45, 7) is 2.20. The Hall–Kier alpha value is -0.180. The van der Waals surface area contributed by atoms with Crippen molar-refractivity contribution >= 4 is 18.6 Å². The highest BCUT2D eigenvalue weighted by Crippen LogP contribution is 2.60. The van der Waals surface area contributed by atoms with Crippen molar-refractivity contribution in [2.24, 2.45) is 23.7 Å². The molecule has 18 heavy (non-hydrogen) atoms. The van der Waals surface area contributed by atoms with E-state index in [0.717, 1.165) is 18.3 Å². The van der Waals surface area contributed by atoms with E-state index < -0.39 is 0 Å². The third-order valence-corrected chi connectivity index (χ3v) is 5.92.